The molecule has 0 saturated carbocycles. The zero-order chi connectivity index (χ0) is 18.5. The quantitative estimate of drug-likeness (QED) is 0.719. The molecule has 3 N–H and O–H groups in total. The summed E-state index contributed by atoms with van der Waals surface area (Å²) in [6.45, 7) is 1.73. The van der Waals surface area contributed by atoms with Gasteiger partial charge in [-0.25, -0.2) is 15.0 Å². The van der Waals surface area contributed by atoms with Crippen molar-refractivity contribution in [3.63, 3.8) is 0 Å². The van der Waals surface area contributed by atoms with E-state index in [1.807, 2.05) is 42.5 Å². The lowest BCUT2D eigenvalue weighted by molar-refractivity contribution is 0.448. The molecule has 7 nitrogen and oxygen atoms in total. The average Bonchev–Trinajstić information content (AvgIpc) is 2.71. The molecule has 3 heterocycles. The molecule has 1 fully saturated rings. The fourth-order valence-corrected chi connectivity index (χ4v) is 3.02. The number of pyridine rings is 1. The van der Waals surface area contributed by atoms with E-state index in [9.17, 15) is 0 Å². The molecule has 0 bridgehead atoms. The highest BCUT2D eigenvalue weighted by atomic mass is 16.5. The summed E-state index contributed by atoms with van der Waals surface area (Å²) in [5.74, 6) is 2.78. The summed E-state index contributed by atoms with van der Waals surface area (Å²) < 4.78 is 6.00. The lowest BCUT2D eigenvalue weighted by Crippen LogP contribution is -2.40. The molecule has 0 radical (unpaired) electrons. The molecular weight excluding hydrogens is 340 g/mol. The Balaban J connectivity index is 1.46. The average molecular weight is 362 g/mol. The maximum atomic E-state index is 6.00. The minimum Gasteiger partial charge on any atom is -0.436 e. The van der Waals surface area contributed by atoms with Crippen molar-refractivity contribution in [2.24, 2.45) is 5.73 Å². The Morgan fingerprint density at radius 3 is 2.44 bits per heavy atom. The Hall–Kier alpha value is -3.19. The van der Waals surface area contributed by atoms with Crippen LogP contribution < -0.4 is 20.7 Å². The van der Waals surface area contributed by atoms with Gasteiger partial charge in [0, 0.05) is 43.4 Å². The number of hydrogen-bond donors (Lipinski definition) is 2. The smallest absolute Gasteiger partial charge is 0.263 e. The van der Waals surface area contributed by atoms with Gasteiger partial charge in [-0.05, 0) is 49.2 Å². The van der Waals surface area contributed by atoms with E-state index in [1.54, 1.807) is 18.6 Å². The third-order valence-electron chi connectivity index (χ3n) is 4.49. The highest BCUT2D eigenvalue weighted by Crippen LogP contribution is 2.30. The van der Waals surface area contributed by atoms with Crippen molar-refractivity contribution < 1.29 is 4.74 Å². The van der Waals surface area contributed by atoms with Gasteiger partial charge in [0.2, 0.25) is 0 Å². The van der Waals surface area contributed by atoms with Gasteiger partial charge in [-0.15, -0.1) is 0 Å². The van der Waals surface area contributed by atoms with Crippen molar-refractivity contribution in [1.82, 2.24) is 15.0 Å². The number of nitrogens with one attached hydrogen (secondary N) is 1. The Bertz CT molecular complexity index is 863. The zero-order valence-corrected chi connectivity index (χ0v) is 15.0. The van der Waals surface area contributed by atoms with E-state index in [-0.39, 0.29) is 6.04 Å². The monoisotopic (exact) mass is 362 g/mol. The normalized spacial score (nSPS) is 14.8. The van der Waals surface area contributed by atoms with Crippen molar-refractivity contribution >= 4 is 17.3 Å². The van der Waals surface area contributed by atoms with Crippen LogP contribution in [0.15, 0.2) is 61.1 Å². The number of ether oxygens (including phenoxy) is 1. The predicted octanol–water partition coefficient (Wildman–Crippen LogP) is 3.34. The summed E-state index contributed by atoms with van der Waals surface area (Å²) in [7, 11) is 0. The van der Waals surface area contributed by atoms with Crippen LogP contribution in [0.25, 0.3) is 0 Å². The van der Waals surface area contributed by atoms with Gasteiger partial charge in [0.15, 0.2) is 5.82 Å². The molecule has 1 aliphatic rings. The van der Waals surface area contributed by atoms with Crippen LogP contribution in [0.5, 0.6) is 11.6 Å². The van der Waals surface area contributed by atoms with Gasteiger partial charge in [-0.3, -0.25) is 0 Å². The molecule has 1 aromatic carbocycles. The number of hydrogen-bond acceptors (Lipinski definition) is 7. The summed E-state index contributed by atoms with van der Waals surface area (Å²) >= 11 is 0. The lowest BCUT2D eigenvalue weighted by Gasteiger charge is -2.31. The first kappa shape index (κ1) is 17.2. The van der Waals surface area contributed by atoms with Crippen molar-refractivity contribution in [2.75, 3.05) is 23.3 Å². The SMILES string of the molecule is NC1CCN(c2nccnc2Oc2ccc(Nc3ccccn3)cc2)CC1. The number of nitrogens with two attached hydrogens (primary N) is 1. The first-order chi connectivity index (χ1) is 13.3. The van der Waals surface area contributed by atoms with Gasteiger partial charge in [0.25, 0.3) is 5.88 Å². The molecule has 0 atom stereocenters. The van der Waals surface area contributed by atoms with Crippen LogP contribution in [0, 0.1) is 0 Å². The Kier molecular flexibility index (Phi) is 5.11. The molecule has 7 heteroatoms. The largest absolute Gasteiger partial charge is 0.436 e. The van der Waals surface area contributed by atoms with E-state index < -0.39 is 0 Å². The van der Waals surface area contributed by atoms with E-state index in [4.69, 9.17) is 10.5 Å². The van der Waals surface area contributed by atoms with E-state index >= 15 is 0 Å². The summed E-state index contributed by atoms with van der Waals surface area (Å²) in [5, 5.41) is 3.25. The minimum atomic E-state index is 0.265. The van der Waals surface area contributed by atoms with Crippen molar-refractivity contribution in [2.45, 2.75) is 18.9 Å². The van der Waals surface area contributed by atoms with Gasteiger partial charge >= 0.3 is 0 Å². The maximum absolute atomic E-state index is 6.00. The van der Waals surface area contributed by atoms with E-state index in [0.29, 0.717) is 11.6 Å². The third-order valence-corrected chi connectivity index (χ3v) is 4.49. The molecule has 1 aliphatic heterocycles. The summed E-state index contributed by atoms with van der Waals surface area (Å²) in [6, 6.07) is 13.7. The third kappa shape index (κ3) is 4.32. The van der Waals surface area contributed by atoms with Crippen LogP contribution in [0.2, 0.25) is 0 Å². The zero-order valence-electron chi connectivity index (χ0n) is 15.0. The molecule has 138 valence electrons. The topological polar surface area (TPSA) is 89.2 Å². The van der Waals surface area contributed by atoms with Crippen LogP contribution in [0.4, 0.5) is 17.3 Å². The van der Waals surface area contributed by atoms with Crippen molar-refractivity contribution in [3.8, 4) is 11.6 Å². The number of anilines is 3. The molecule has 1 saturated heterocycles. The van der Waals surface area contributed by atoms with E-state index in [1.165, 1.54) is 0 Å². The fourth-order valence-electron chi connectivity index (χ4n) is 3.02. The van der Waals surface area contributed by atoms with Crippen LogP contribution in [-0.2, 0) is 0 Å². The number of nitrogens with zero attached hydrogens (tertiary/aromatic N) is 4. The number of aromatic nitrogens is 3. The van der Waals surface area contributed by atoms with Gasteiger partial charge in [0.1, 0.15) is 11.6 Å². The molecule has 0 spiro atoms. The van der Waals surface area contributed by atoms with Gasteiger partial charge < -0.3 is 20.7 Å². The molecule has 2 aromatic heterocycles. The summed E-state index contributed by atoms with van der Waals surface area (Å²) in [6.07, 6.45) is 6.98. The molecular formula is C20H22N6O. The predicted molar refractivity (Wildman–Crippen MR) is 105 cm³/mol. The first-order valence-corrected chi connectivity index (χ1v) is 9.05. The molecule has 3 aromatic rings. The minimum absolute atomic E-state index is 0.265. The number of piperidine rings is 1. The van der Waals surface area contributed by atoms with Crippen LogP contribution in [0.1, 0.15) is 12.8 Å². The van der Waals surface area contributed by atoms with E-state index in [2.05, 4.69) is 25.2 Å². The molecule has 0 unspecified atom stereocenters. The highest BCUT2D eigenvalue weighted by Gasteiger charge is 2.21. The maximum Gasteiger partial charge on any atom is 0.263 e. The second-order valence-corrected chi connectivity index (χ2v) is 6.48. The van der Waals surface area contributed by atoms with Gasteiger partial charge in [-0.1, -0.05) is 6.07 Å². The Morgan fingerprint density at radius 2 is 1.70 bits per heavy atom. The molecule has 4 rings (SSSR count). The molecule has 0 aliphatic carbocycles. The Morgan fingerprint density at radius 1 is 0.926 bits per heavy atom. The molecule has 27 heavy (non-hydrogen) atoms. The highest BCUT2D eigenvalue weighted by molar-refractivity contribution is 5.57. The van der Waals surface area contributed by atoms with Gasteiger partial charge in [-0.2, -0.15) is 0 Å². The second kappa shape index (κ2) is 8.01. The van der Waals surface area contributed by atoms with Crippen molar-refractivity contribution in [3.05, 3.63) is 61.1 Å². The Labute approximate surface area is 158 Å². The van der Waals surface area contributed by atoms with E-state index in [0.717, 1.165) is 43.3 Å². The van der Waals surface area contributed by atoms with Crippen molar-refractivity contribution in [1.29, 1.82) is 0 Å². The summed E-state index contributed by atoms with van der Waals surface area (Å²) in [4.78, 5) is 15.3. The van der Waals surface area contributed by atoms with Crippen LogP contribution in [-0.4, -0.2) is 34.1 Å². The number of rotatable bonds is 5. The van der Waals surface area contributed by atoms with Gasteiger partial charge in [0.05, 0.1) is 0 Å². The first-order valence-electron chi connectivity index (χ1n) is 9.05. The van der Waals surface area contributed by atoms with Crippen LogP contribution in [0.3, 0.4) is 0 Å². The molecule has 0 amide bonds. The lowest BCUT2D eigenvalue weighted by atomic mass is 10.1. The second-order valence-electron chi connectivity index (χ2n) is 6.48. The standard InChI is InChI=1S/C20H22N6O/c21-15-8-13-26(14-9-15)19-20(24-12-11-23-19)27-17-6-4-16(5-7-17)25-18-3-1-2-10-22-18/h1-7,10-12,15H,8-9,13-14,21H2,(H,22,25). The number of benzene rings is 1. The van der Waals surface area contributed by atoms with Crippen LogP contribution >= 0.6 is 0 Å². The summed E-state index contributed by atoms with van der Waals surface area (Å²) in [5.41, 5.74) is 6.94. The fraction of sp³-hybridized carbons (Fsp3) is 0.250.